The second kappa shape index (κ2) is 12.7. The van der Waals surface area contributed by atoms with Crippen molar-refractivity contribution in [2.45, 2.75) is 68.3 Å². The monoisotopic (exact) mass is 578 g/mol. The number of ether oxygens (including phenoxy) is 1. The lowest BCUT2D eigenvalue weighted by atomic mass is 9.96. The fraction of sp³-hybridized carbons (Fsp3) is 0.556. The van der Waals surface area contributed by atoms with Crippen LogP contribution in [0.15, 0.2) is 39.9 Å². The molecular weight excluding hydrogens is 540 g/mol. The van der Waals surface area contributed by atoms with Gasteiger partial charge in [0, 0.05) is 31.2 Å². The zero-order valence-corrected chi connectivity index (χ0v) is 24.3. The lowest BCUT2D eigenvalue weighted by Crippen LogP contribution is -2.50. The minimum Gasteiger partial charge on any atom is -0.488 e. The number of aliphatic hydroxyl groups excluding tert-OH is 1. The first kappa shape index (κ1) is 29.3. The highest BCUT2D eigenvalue weighted by Gasteiger charge is 2.35. The van der Waals surface area contributed by atoms with Gasteiger partial charge in [0.1, 0.15) is 16.1 Å². The van der Waals surface area contributed by atoms with Gasteiger partial charge >= 0.3 is 6.03 Å². The van der Waals surface area contributed by atoms with Crippen molar-refractivity contribution in [3.05, 3.63) is 41.3 Å². The van der Waals surface area contributed by atoms with Crippen molar-refractivity contribution in [3.63, 3.8) is 0 Å². The highest BCUT2D eigenvalue weighted by Crippen LogP contribution is 2.31. The van der Waals surface area contributed by atoms with E-state index in [0.717, 1.165) is 37.0 Å². The summed E-state index contributed by atoms with van der Waals surface area (Å²) in [4.78, 5) is 27.9. The highest BCUT2D eigenvalue weighted by atomic mass is 32.2. The quantitative estimate of drug-likeness (QED) is 0.438. The molecule has 214 valence electrons. The Labute approximate surface area is 234 Å². The minimum atomic E-state index is -3.70. The standard InChI is InChI=1S/C27H38N4O6S2/c1-18-15-31(19(2)17-32)26(33)22-14-21(29-27(34)28-20-8-5-4-6-9-20)11-12-23(22)37-24(18)16-30(3)39(35,36)25-10-7-13-38-25/h7,10-14,18-20,24,32H,4-6,8-9,15-17H2,1-3H3,(H2,28,29,34)/t18-,19-,24-/m0/s1. The normalized spacial score (nSPS) is 21.5. The Bertz CT molecular complexity index is 1250. The number of anilines is 1. The lowest BCUT2D eigenvalue weighted by molar-refractivity contribution is 0.0387. The molecule has 0 bridgehead atoms. The Hall–Kier alpha value is -2.67. The molecule has 0 unspecified atom stereocenters. The van der Waals surface area contributed by atoms with Crippen molar-refractivity contribution in [3.8, 4) is 5.75 Å². The van der Waals surface area contributed by atoms with Gasteiger partial charge in [-0.2, -0.15) is 4.31 Å². The van der Waals surface area contributed by atoms with E-state index in [0.29, 0.717) is 11.4 Å². The number of aliphatic hydroxyl groups is 1. The number of amides is 3. The molecule has 39 heavy (non-hydrogen) atoms. The second-order valence-electron chi connectivity index (χ2n) is 10.5. The summed E-state index contributed by atoms with van der Waals surface area (Å²) in [6.07, 6.45) is 4.71. The van der Waals surface area contributed by atoms with E-state index in [4.69, 9.17) is 4.74 Å². The number of likely N-dealkylation sites (N-methyl/N-ethyl adjacent to an activating group) is 1. The molecule has 1 aliphatic heterocycles. The van der Waals surface area contributed by atoms with Gasteiger partial charge in [0.2, 0.25) is 0 Å². The Balaban J connectivity index is 1.58. The van der Waals surface area contributed by atoms with Crippen LogP contribution in [-0.4, -0.2) is 79.6 Å². The summed E-state index contributed by atoms with van der Waals surface area (Å²) < 4.78 is 34.0. The number of rotatable bonds is 8. The van der Waals surface area contributed by atoms with Gasteiger partial charge < -0.3 is 25.4 Å². The van der Waals surface area contributed by atoms with Crippen LogP contribution in [0.4, 0.5) is 10.5 Å². The molecule has 1 aliphatic carbocycles. The van der Waals surface area contributed by atoms with E-state index >= 15 is 0 Å². The van der Waals surface area contributed by atoms with E-state index in [1.807, 2.05) is 6.92 Å². The first-order chi connectivity index (χ1) is 18.6. The molecule has 1 aromatic carbocycles. The predicted molar refractivity (Wildman–Crippen MR) is 151 cm³/mol. The maximum Gasteiger partial charge on any atom is 0.319 e. The number of thiophene rings is 1. The van der Waals surface area contributed by atoms with Crippen molar-refractivity contribution in [2.75, 3.05) is 32.1 Å². The van der Waals surface area contributed by atoms with Crippen LogP contribution in [0.2, 0.25) is 0 Å². The van der Waals surface area contributed by atoms with Crippen LogP contribution in [0.25, 0.3) is 0 Å². The van der Waals surface area contributed by atoms with Crippen molar-refractivity contribution in [2.24, 2.45) is 5.92 Å². The molecule has 0 spiro atoms. The number of carbonyl (C=O) groups is 2. The Kier molecular flexibility index (Phi) is 9.52. The van der Waals surface area contributed by atoms with Gasteiger partial charge in [-0.25, -0.2) is 13.2 Å². The van der Waals surface area contributed by atoms with Crippen molar-refractivity contribution in [1.82, 2.24) is 14.5 Å². The van der Waals surface area contributed by atoms with E-state index in [9.17, 15) is 23.1 Å². The van der Waals surface area contributed by atoms with Crippen molar-refractivity contribution in [1.29, 1.82) is 0 Å². The van der Waals surface area contributed by atoms with Crippen LogP contribution >= 0.6 is 11.3 Å². The molecule has 1 fully saturated rings. The SMILES string of the molecule is C[C@H]1CN([C@@H](C)CO)C(=O)c2cc(NC(=O)NC3CCCCC3)ccc2O[C@H]1CN(C)S(=O)(=O)c1cccs1. The Morgan fingerprint density at radius 3 is 2.67 bits per heavy atom. The maximum absolute atomic E-state index is 13.6. The molecule has 1 aromatic heterocycles. The summed E-state index contributed by atoms with van der Waals surface area (Å²) in [6.45, 7) is 3.76. The molecule has 3 atom stereocenters. The predicted octanol–water partition coefficient (Wildman–Crippen LogP) is 3.74. The summed E-state index contributed by atoms with van der Waals surface area (Å²) >= 11 is 1.15. The molecule has 3 N–H and O–H groups in total. The van der Waals surface area contributed by atoms with Crippen LogP contribution < -0.4 is 15.4 Å². The highest BCUT2D eigenvalue weighted by molar-refractivity contribution is 7.91. The van der Waals surface area contributed by atoms with E-state index in [-0.39, 0.29) is 53.4 Å². The zero-order valence-electron chi connectivity index (χ0n) is 22.6. The molecule has 12 heteroatoms. The van der Waals surface area contributed by atoms with Gasteiger partial charge in [-0.1, -0.05) is 32.3 Å². The lowest BCUT2D eigenvalue weighted by Gasteiger charge is -2.38. The topological polar surface area (TPSA) is 128 Å². The number of nitrogens with one attached hydrogen (secondary N) is 2. The van der Waals surface area contributed by atoms with Crippen LogP contribution in [-0.2, 0) is 10.0 Å². The molecule has 0 saturated heterocycles. The molecule has 2 aromatic rings. The molecule has 2 aliphatic rings. The Morgan fingerprint density at radius 1 is 1.26 bits per heavy atom. The van der Waals surface area contributed by atoms with Gasteiger partial charge in [-0.05, 0) is 49.4 Å². The number of urea groups is 1. The molecular formula is C27H38N4O6S2. The van der Waals surface area contributed by atoms with Gasteiger partial charge in [0.25, 0.3) is 15.9 Å². The van der Waals surface area contributed by atoms with Crippen LogP contribution in [0, 0.1) is 5.92 Å². The molecule has 0 radical (unpaired) electrons. The molecule has 4 rings (SSSR count). The number of carbonyl (C=O) groups excluding carboxylic acids is 2. The summed E-state index contributed by atoms with van der Waals surface area (Å²) in [5.41, 5.74) is 0.685. The smallest absolute Gasteiger partial charge is 0.319 e. The number of sulfonamides is 1. The average Bonchev–Trinajstić information content (AvgIpc) is 3.47. The fourth-order valence-corrected chi connectivity index (χ4v) is 7.42. The van der Waals surface area contributed by atoms with Crippen LogP contribution in [0.3, 0.4) is 0 Å². The van der Waals surface area contributed by atoms with Crippen LogP contribution in [0.1, 0.15) is 56.3 Å². The molecule has 10 nitrogen and oxygen atoms in total. The van der Waals surface area contributed by atoms with Gasteiger partial charge in [-0.15, -0.1) is 11.3 Å². The summed E-state index contributed by atoms with van der Waals surface area (Å²) in [5.74, 6) is -0.268. The van der Waals surface area contributed by atoms with E-state index in [2.05, 4.69) is 10.6 Å². The first-order valence-corrected chi connectivity index (χ1v) is 15.7. The van der Waals surface area contributed by atoms with Gasteiger partial charge in [0.05, 0.1) is 24.8 Å². The summed E-state index contributed by atoms with van der Waals surface area (Å²) in [5, 5.41) is 17.4. The third-order valence-corrected chi connectivity index (χ3v) is 10.7. The molecule has 1 saturated carbocycles. The number of hydrogen-bond donors (Lipinski definition) is 3. The Morgan fingerprint density at radius 2 is 2.00 bits per heavy atom. The largest absolute Gasteiger partial charge is 0.488 e. The number of benzene rings is 1. The third kappa shape index (κ3) is 6.92. The average molecular weight is 579 g/mol. The second-order valence-corrected chi connectivity index (χ2v) is 13.7. The maximum atomic E-state index is 13.6. The number of fused-ring (bicyclic) bond motifs is 1. The van der Waals surface area contributed by atoms with E-state index < -0.39 is 22.2 Å². The summed E-state index contributed by atoms with van der Waals surface area (Å²) in [6, 6.07) is 7.48. The minimum absolute atomic E-state index is 0.0696. The van der Waals surface area contributed by atoms with Crippen molar-refractivity contribution >= 4 is 39.0 Å². The zero-order chi connectivity index (χ0) is 28.2. The fourth-order valence-electron chi connectivity index (χ4n) is 5.03. The van der Waals surface area contributed by atoms with Crippen molar-refractivity contribution < 1.29 is 27.9 Å². The van der Waals surface area contributed by atoms with E-state index in [1.54, 1.807) is 47.5 Å². The van der Waals surface area contributed by atoms with Gasteiger partial charge in [-0.3, -0.25) is 4.79 Å². The van der Waals surface area contributed by atoms with E-state index in [1.165, 1.54) is 17.8 Å². The molecule has 2 heterocycles. The number of nitrogens with zero attached hydrogens (tertiary/aromatic N) is 2. The third-order valence-electron chi connectivity index (χ3n) is 7.46. The summed E-state index contributed by atoms with van der Waals surface area (Å²) in [7, 11) is -2.18. The van der Waals surface area contributed by atoms with Gasteiger partial charge in [0.15, 0.2) is 0 Å². The van der Waals surface area contributed by atoms with Crippen LogP contribution in [0.5, 0.6) is 5.75 Å². The number of hydrogen-bond acceptors (Lipinski definition) is 7. The molecule has 3 amide bonds. The first-order valence-electron chi connectivity index (χ1n) is 13.4.